The highest BCUT2D eigenvalue weighted by atomic mass is 16.5. The second kappa shape index (κ2) is 8.31. The Kier molecular flexibility index (Phi) is 5.88. The van der Waals surface area contributed by atoms with Crippen molar-refractivity contribution in [1.29, 1.82) is 0 Å². The van der Waals surface area contributed by atoms with Gasteiger partial charge < -0.3 is 19.5 Å². The third-order valence-corrected chi connectivity index (χ3v) is 5.02. The van der Waals surface area contributed by atoms with Crippen LogP contribution in [-0.4, -0.2) is 52.5 Å². The van der Waals surface area contributed by atoms with Crippen molar-refractivity contribution < 1.29 is 9.53 Å². The lowest BCUT2D eigenvalue weighted by Gasteiger charge is -2.26. The van der Waals surface area contributed by atoms with E-state index in [0.29, 0.717) is 6.61 Å². The van der Waals surface area contributed by atoms with Gasteiger partial charge in [0.05, 0.1) is 6.04 Å². The number of nitrogens with one attached hydrogen (secondary N) is 1. The summed E-state index contributed by atoms with van der Waals surface area (Å²) >= 11 is 0. The first-order valence-corrected chi connectivity index (χ1v) is 9.07. The number of nitrogens with zero attached hydrogens (tertiary/aromatic N) is 4. The molecule has 1 aromatic carbocycles. The summed E-state index contributed by atoms with van der Waals surface area (Å²) in [5.74, 6) is 0.762. The summed E-state index contributed by atoms with van der Waals surface area (Å²) in [4.78, 5) is 14.5. The van der Waals surface area contributed by atoms with Gasteiger partial charge in [-0.25, -0.2) is 4.79 Å². The second-order valence-electron chi connectivity index (χ2n) is 6.84. The van der Waals surface area contributed by atoms with Crippen molar-refractivity contribution in [2.75, 3.05) is 20.8 Å². The lowest BCUT2D eigenvalue weighted by atomic mass is 10.1. The minimum Gasteiger partial charge on any atom is -0.385 e. The second-order valence-corrected chi connectivity index (χ2v) is 6.84. The average Bonchev–Trinajstić information content (AvgIpc) is 3.27. The number of rotatable bonds is 7. The van der Waals surface area contributed by atoms with E-state index in [0.717, 1.165) is 31.6 Å². The van der Waals surface area contributed by atoms with Crippen LogP contribution in [0.3, 0.4) is 0 Å². The number of carbonyl (C=O) groups excluding carboxylic acids is 1. The maximum Gasteiger partial charge on any atom is 0.317 e. The molecule has 26 heavy (non-hydrogen) atoms. The Balaban J connectivity index is 1.57. The van der Waals surface area contributed by atoms with Crippen molar-refractivity contribution >= 4 is 6.03 Å². The zero-order chi connectivity index (χ0) is 18.5. The van der Waals surface area contributed by atoms with Gasteiger partial charge in [0.1, 0.15) is 6.33 Å². The van der Waals surface area contributed by atoms with E-state index in [1.54, 1.807) is 13.4 Å². The first-order valence-electron chi connectivity index (χ1n) is 9.07. The zero-order valence-corrected chi connectivity index (χ0v) is 15.7. The molecule has 1 aliphatic rings. The van der Waals surface area contributed by atoms with Crippen LogP contribution in [-0.2, 0) is 24.1 Å². The monoisotopic (exact) mass is 357 g/mol. The van der Waals surface area contributed by atoms with Gasteiger partial charge in [-0.1, -0.05) is 24.3 Å². The average molecular weight is 357 g/mol. The lowest BCUT2D eigenvalue weighted by Crippen LogP contribution is -2.45. The van der Waals surface area contributed by atoms with Crippen LogP contribution in [0.4, 0.5) is 4.79 Å². The normalized spacial score (nSPS) is 14.9. The highest BCUT2D eigenvalue weighted by molar-refractivity contribution is 5.75. The number of methoxy groups -OCH3 is 1. The number of hydrogen-bond donors (Lipinski definition) is 1. The molecule has 0 unspecified atom stereocenters. The number of aromatic nitrogens is 3. The third kappa shape index (κ3) is 4.04. The molecule has 2 amide bonds. The fraction of sp³-hybridized carbons (Fsp3) is 0.526. The van der Waals surface area contributed by atoms with Crippen LogP contribution in [0.5, 0.6) is 0 Å². The fourth-order valence-corrected chi connectivity index (χ4v) is 3.48. The number of hydrogen-bond acceptors (Lipinski definition) is 4. The maximum absolute atomic E-state index is 12.7. The van der Waals surface area contributed by atoms with Crippen molar-refractivity contribution in [2.45, 2.75) is 44.8 Å². The smallest absolute Gasteiger partial charge is 0.317 e. The molecule has 1 heterocycles. The van der Waals surface area contributed by atoms with Gasteiger partial charge >= 0.3 is 6.03 Å². The predicted molar refractivity (Wildman–Crippen MR) is 98.9 cm³/mol. The number of carbonyl (C=O) groups is 1. The van der Waals surface area contributed by atoms with Crippen LogP contribution >= 0.6 is 0 Å². The molecule has 7 nitrogen and oxygen atoms in total. The van der Waals surface area contributed by atoms with Gasteiger partial charge in [0.25, 0.3) is 0 Å². The maximum atomic E-state index is 12.7. The van der Waals surface area contributed by atoms with E-state index in [1.165, 1.54) is 11.1 Å². The molecule has 1 aliphatic carbocycles. The fourth-order valence-electron chi connectivity index (χ4n) is 3.48. The summed E-state index contributed by atoms with van der Waals surface area (Å²) in [7, 11) is 3.55. The molecule has 0 radical (unpaired) electrons. The summed E-state index contributed by atoms with van der Waals surface area (Å²) in [5, 5.41) is 11.2. The number of aryl methyl sites for hydroxylation is 1. The van der Waals surface area contributed by atoms with E-state index in [4.69, 9.17) is 4.74 Å². The van der Waals surface area contributed by atoms with Crippen LogP contribution in [0.1, 0.15) is 36.3 Å². The summed E-state index contributed by atoms with van der Waals surface area (Å²) in [6.45, 7) is 3.39. The highest BCUT2D eigenvalue weighted by Gasteiger charge is 2.28. The zero-order valence-electron chi connectivity index (χ0n) is 15.7. The van der Waals surface area contributed by atoms with Crippen LogP contribution in [0, 0.1) is 0 Å². The van der Waals surface area contributed by atoms with Gasteiger partial charge in [-0.3, -0.25) is 0 Å². The third-order valence-electron chi connectivity index (χ3n) is 5.02. The van der Waals surface area contributed by atoms with Gasteiger partial charge in [0, 0.05) is 33.4 Å². The quantitative estimate of drug-likeness (QED) is 0.771. The molecular weight excluding hydrogens is 330 g/mol. The molecule has 1 N–H and O–H groups in total. The summed E-state index contributed by atoms with van der Waals surface area (Å²) < 4.78 is 7.06. The van der Waals surface area contributed by atoms with Gasteiger partial charge in [-0.05, 0) is 37.3 Å². The Morgan fingerprint density at radius 3 is 2.73 bits per heavy atom. The summed E-state index contributed by atoms with van der Waals surface area (Å²) in [6.07, 6.45) is 4.39. The van der Waals surface area contributed by atoms with E-state index >= 15 is 0 Å². The Morgan fingerprint density at radius 2 is 2.08 bits per heavy atom. The topological polar surface area (TPSA) is 72.3 Å². The molecule has 0 saturated heterocycles. The first kappa shape index (κ1) is 18.4. The summed E-state index contributed by atoms with van der Waals surface area (Å²) in [6, 6.07) is 8.30. The molecule has 0 spiro atoms. The Bertz CT molecular complexity index is 720. The number of amides is 2. The van der Waals surface area contributed by atoms with Crippen LogP contribution < -0.4 is 5.32 Å². The van der Waals surface area contributed by atoms with Crippen LogP contribution in [0.25, 0.3) is 0 Å². The van der Waals surface area contributed by atoms with Crippen molar-refractivity contribution in [2.24, 2.45) is 0 Å². The first-order chi connectivity index (χ1) is 12.6. The van der Waals surface area contributed by atoms with Crippen molar-refractivity contribution in [3.8, 4) is 0 Å². The number of fused-ring (bicyclic) bond motifs is 1. The number of likely N-dealkylation sites (N-methyl/N-ethyl adjacent to an activating group) is 1. The van der Waals surface area contributed by atoms with Gasteiger partial charge in [-0.15, -0.1) is 10.2 Å². The van der Waals surface area contributed by atoms with E-state index in [9.17, 15) is 4.79 Å². The Hall–Kier alpha value is -2.41. The number of ether oxygens (including phenoxy) is 1. The van der Waals surface area contributed by atoms with Gasteiger partial charge in [0.15, 0.2) is 5.82 Å². The predicted octanol–water partition coefficient (Wildman–Crippen LogP) is 2.18. The lowest BCUT2D eigenvalue weighted by molar-refractivity contribution is 0.186. The molecule has 2 aromatic rings. The SMILES string of the molecule is COCCCn1cnnc1[C@H](C)NC(=O)N(C)C1Cc2ccccc2C1. The van der Waals surface area contributed by atoms with E-state index < -0.39 is 0 Å². The van der Waals surface area contributed by atoms with Gasteiger partial charge in [-0.2, -0.15) is 0 Å². The molecule has 7 heteroatoms. The van der Waals surface area contributed by atoms with E-state index in [2.05, 4.69) is 39.8 Å². The van der Waals surface area contributed by atoms with Crippen molar-refractivity contribution in [3.63, 3.8) is 0 Å². The van der Waals surface area contributed by atoms with Crippen molar-refractivity contribution in [3.05, 3.63) is 47.5 Å². The van der Waals surface area contributed by atoms with Crippen LogP contribution in [0.15, 0.2) is 30.6 Å². The Morgan fingerprint density at radius 1 is 1.38 bits per heavy atom. The van der Waals surface area contributed by atoms with E-state index in [-0.39, 0.29) is 18.1 Å². The molecular formula is C19H27N5O2. The Labute approximate surface area is 154 Å². The largest absolute Gasteiger partial charge is 0.385 e. The minimum absolute atomic E-state index is 0.0817. The molecule has 1 atom stereocenters. The number of urea groups is 1. The molecule has 0 bridgehead atoms. The minimum atomic E-state index is -0.209. The highest BCUT2D eigenvalue weighted by Crippen LogP contribution is 2.25. The molecule has 1 aromatic heterocycles. The summed E-state index contributed by atoms with van der Waals surface area (Å²) in [5.41, 5.74) is 2.67. The molecule has 3 rings (SSSR count). The van der Waals surface area contributed by atoms with Gasteiger partial charge in [0.2, 0.25) is 0 Å². The molecule has 140 valence electrons. The molecule has 0 aliphatic heterocycles. The number of benzene rings is 1. The van der Waals surface area contributed by atoms with E-state index in [1.807, 2.05) is 23.4 Å². The molecule has 0 fully saturated rings. The van der Waals surface area contributed by atoms with Crippen molar-refractivity contribution in [1.82, 2.24) is 25.0 Å². The molecule has 0 saturated carbocycles. The standard InChI is InChI=1S/C19H27N5O2/c1-14(18-22-20-13-24(18)9-6-10-26-3)21-19(25)23(2)17-11-15-7-4-5-8-16(15)12-17/h4-5,7-8,13-14,17H,6,9-12H2,1-3H3,(H,21,25)/t14-/m0/s1. The van der Waals surface area contributed by atoms with Crippen LogP contribution in [0.2, 0.25) is 0 Å².